The molecule has 0 spiro atoms. The lowest BCUT2D eigenvalue weighted by atomic mass is 9.91. The van der Waals surface area contributed by atoms with E-state index in [2.05, 4.69) is 17.6 Å². The minimum Gasteiger partial charge on any atom is -0.463 e. The largest absolute Gasteiger partial charge is 0.463 e. The van der Waals surface area contributed by atoms with E-state index in [-0.39, 0.29) is 43.7 Å². The van der Waals surface area contributed by atoms with Crippen LogP contribution in [0.4, 0.5) is 5.69 Å². The van der Waals surface area contributed by atoms with Gasteiger partial charge < -0.3 is 48.9 Å². The quantitative estimate of drug-likeness (QED) is 0.0691. The summed E-state index contributed by atoms with van der Waals surface area (Å²) in [5.41, 5.74) is 4.18. The van der Waals surface area contributed by atoms with Gasteiger partial charge >= 0.3 is 23.9 Å². The van der Waals surface area contributed by atoms with Gasteiger partial charge in [-0.3, -0.25) is 24.0 Å². The molecule has 3 N–H and O–H groups in total. The van der Waals surface area contributed by atoms with Crippen molar-refractivity contribution in [2.24, 2.45) is 5.92 Å². The molecule has 0 bridgehead atoms. The normalized spacial score (nSPS) is 24.7. The van der Waals surface area contributed by atoms with Gasteiger partial charge in [0, 0.05) is 75.4 Å². The Morgan fingerprint density at radius 2 is 1.26 bits per heavy atom. The molecule has 2 fully saturated rings. The first-order valence-corrected chi connectivity index (χ1v) is 21.2. The molecule has 328 valence electrons. The van der Waals surface area contributed by atoms with Gasteiger partial charge in [0.05, 0.1) is 23.8 Å². The number of carbonyl (C=O) groups excluding carboxylic acids is 5. The zero-order chi connectivity index (χ0) is 44.2. The number of hydrogen-bond acceptors (Lipinski definition) is 15. The van der Waals surface area contributed by atoms with Gasteiger partial charge in [-0.1, -0.05) is 67.7 Å². The highest BCUT2D eigenvalue weighted by Gasteiger charge is 2.52. The average molecular weight is 881 g/mol. The van der Waals surface area contributed by atoms with Gasteiger partial charge in [-0.05, 0) is 41.0 Å². The molecule has 0 aliphatic carbocycles. The summed E-state index contributed by atoms with van der Waals surface area (Å²) >= 11 is 7.35. The molecule has 1 amide bonds. The maximum atomic E-state index is 12.2. The van der Waals surface area contributed by atoms with Crippen molar-refractivity contribution in [1.29, 1.82) is 0 Å². The lowest BCUT2D eigenvalue weighted by Gasteiger charge is -2.44. The Hall–Kier alpha value is -4.91. The SMILES string of the molecule is CC(=O)Nc1ccc(SCC2OC(c3ccc(CNC(=S)CC4OC(COC(C)=O)C(OC(C)=O)C(OC(C)=O)C4OC(C)=O)cc3)OC(c3ccc(CO)cc3)C2C)cc1. The Morgan fingerprint density at radius 1 is 0.689 bits per heavy atom. The monoisotopic (exact) mass is 880 g/mol. The first-order chi connectivity index (χ1) is 29.1. The van der Waals surface area contributed by atoms with Crippen molar-refractivity contribution < 1.29 is 62.2 Å². The molecule has 2 aliphatic rings. The van der Waals surface area contributed by atoms with Gasteiger partial charge in [0.1, 0.15) is 18.8 Å². The highest BCUT2D eigenvalue weighted by molar-refractivity contribution is 7.99. The molecule has 15 nitrogen and oxygen atoms in total. The number of ether oxygens (including phenoxy) is 7. The van der Waals surface area contributed by atoms with Gasteiger partial charge in [0.15, 0.2) is 24.6 Å². The van der Waals surface area contributed by atoms with Crippen molar-refractivity contribution in [1.82, 2.24) is 5.32 Å². The van der Waals surface area contributed by atoms with E-state index < -0.39 is 60.7 Å². The second kappa shape index (κ2) is 22.3. The van der Waals surface area contributed by atoms with E-state index in [1.54, 1.807) is 11.8 Å². The third-order valence-electron chi connectivity index (χ3n) is 9.93. The predicted molar refractivity (Wildman–Crippen MR) is 227 cm³/mol. The number of hydrogen-bond donors (Lipinski definition) is 3. The maximum Gasteiger partial charge on any atom is 0.303 e. The second-order valence-electron chi connectivity index (χ2n) is 14.8. The van der Waals surface area contributed by atoms with E-state index in [4.69, 9.17) is 45.4 Å². The lowest BCUT2D eigenvalue weighted by Crippen LogP contribution is -2.62. The molecular weight excluding hydrogens is 829 g/mol. The number of amides is 1. The molecule has 2 heterocycles. The minimum atomic E-state index is -1.28. The summed E-state index contributed by atoms with van der Waals surface area (Å²) in [4.78, 5) is 61.1. The van der Waals surface area contributed by atoms with Crippen molar-refractivity contribution >= 4 is 64.4 Å². The summed E-state index contributed by atoms with van der Waals surface area (Å²) in [6.07, 6.45) is -6.98. The number of nitrogens with one attached hydrogen (secondary N) is 2. The number of aliphatic hydroxyl groups excluding tert-OH is 1. The van der Waals surface area contributed by atoms with Crippen molar-refractivity contribution in [3.63, 3.8) is 0 Å². The zero-order valence-electron chi connectivity index (χ0n) is 34.8. The maximum absolute atomic E-state index is 12.2. The number of thiocarbonyl (C=S) groups is 1. The first kappa shape index (κ1) is 47.1. The van der Waals surface area contributed by atoms with E-state index in [1.807, 2.05) is 72.8 Å². The summed E-state index contributed by atoms with van der Waals surface area (Å²) in [6.45, 7) is 8.21. The lowest BCUT2D eigenvalue weighted by molar-refractivity contribution is -0.268. The first-order valence-electron chi connectivity index (χ1n) is 19.8. The molecule has 5 rings (SSSR count). The summed E-state index contributed by atoms with van der Waals surface area (Å²) in [7, 11) is 0. The third kappa shape index (κ3) is 13.8. The molecule has 0 aromatic heterocycles. The van der Waals surface area contributed by atoms with Crippen LogP contribution in [0.5, 0.6) is 0 Å². The number of carbonyl (C=O) groups is 5. The average Bonchev–Trinajstić information content (AvgIpc) is 3.21. The molecule has 2 saturated heterocycles. The fraction of sp³-hybridized carbons (Fsp3) is 0.455. The van der Waals surface area contributed by atoms with E-state index in [0.717, 1.165) is 46.7 Å². The molecule has 61 heavy (non-hydrogen) atoms. The van der Waals surface area contributed by atoms with Crippen molar-refractivity contribution in [3.05, 3.63) is 95.1 Å². The van der Waals surface area contributed by atoms with Crippen molar-refractivity contribution in [2.75, 3.05) is 17.7 Å². The second-order valence-corrected chi connectivity index (χ2v) is 16.4. The van der Waals surface area contributed by atoms with Gasteiger partial charge in [0.2, 0.25) is 5.91 Å². The Kier molecular flexibility index (Phi) is 17.2. The topological polar surface area (TPSA) is 194 Å². The highest BCUT2D eigenvalue weighted by atomic mass is 32.2. The van der Waals surface area contributed by atoms with Crippen LogP contribution < -0.4 is 10.6 Å². The smallest absolute Gasteiger partial charge is 0.303 e. The van der Waals surface area contributed by atoms with E-state index in [1.165, 1.54) is 20.8 Å². The number of esters is 4. The molecule has 3 aromatic carbocycles. The zero-order valence-corrected chi connectivity index (χ0v) is 36.5. The van der Waals surface area contributed by atoms with Crippen LogP contribution >= 0.6 is 24.0 Å². The van der Waals surface area contributed by atoms with Gasteiger partial charge in [-0.25, -0.2) is 0 Å². The Balaban J connectivity index is 1.28. The Bertz CT molecular complexity index is 2000. The van der Waals surface area contributed by atoms with Gasteiger partial charge in [-0.2, -0.15) is 0 Å². The molecule has 2 aliphatic heterocycles. The molecular formula is C44H52N2O13S2. The summed E-state index contributed by atoms with van der Waals surface area (Å²) < 4.78 is 41.2. The number of benzene rings is 3. The van der Waals surface area contributed by atoms with E-state index in [9.17, 15) is 29.1 Å². The molecule has 9 unspecified atom stereocenters. The van der Waals surface area contributed by atoms with Crippen LogP contribution in [0.3, 0.4) is 0 Å². The van der Waals surface area contributed by atoms with Crippen LogP contribution in [0, 0.1) is 5.92 Å². The Morgan fingerprint density at radius 3 is 1.84 bits per heavy atom. The number of anilines is 1. The Labute approximate surface area is 364 Å². The number of aliphatic hydroxyl groups is 1. The van der Waals surface area contributed by atoms with Crippen LogP contribution in [-0.2, 0) is 70.3 Å². The van der Waals surface area contributed by atoms with Crippen LogP contribution in [0.15, 0.2) is 77.7 Å². The summed E-state index contributed by atoms with van der Waals surface area (Å²) in [5.74, 6) is -2.25. The minimum absolute atomic E-state index is 0.00789. The molecule has 9 atom stereocenters. The van der Waals surface area contributed by atoms with Gasteiger partial charge in [-0.15, -0.1) is 11.8 Å². The van der Waals surface area contributed by atoms with Crippen molar-refractivity contribution in [3.8, 4) is 0 Å². The van der Waals surface area contributed by atoms with E-state index in [0.29, 0.717) is 17.3 Å². The molecule has 0 saturated carbocycles. The molecule has 17 heteroatoms. The summed E-state index contributed by atoms with van der Waals surface area (Å²) in [6, 6.07) is 23.1. The standard InChI is InChI=1S/C44H52N2O13S2/c1-24-38(23-61-35-17-15-34(16-18-35)46-25(2)48)58-44(59-40(24)32-11-9-31(21-47)10-12-32)33-13-7-30(8-14-33)20-45-39(60)19-36-41(54-27(4)50)43(56-29(6)52)42(55-28(5)51)37(57-36)22-53-26(3)49/h7-18,24,36-38,40-44,47H,19-23H2,1-6H3,(H,45,60)(H,46,48). The highest BCUT2D eigenvalue weighted by Crippen LogP contribution is 2.43. The van der Waals surface area contributed by atoms with Crippen LogP contribution in [-0.4, -0.2) is 88.9 Å². The molecule has 0 radical (unpaired) electrons. The van der Waals surface area contributed by atoms with Crippen LogP contribution in [0.2, 0.25) is 0 Å². The van der Waals surface area contributed by atoms with Gasteiger partial charge in [0.25, 0.3) is 0 Å². The summed E-state index contributed by atoms with van der Waals surface area (Å²) in [5, 5.41) is 15.6. The predicted octanol–water partition coefficient (Wildman–Crippen LogP) is 5.65. The fourth-order valence-electron chi connectivity index (χ4n) is 7.06. The van der Waals surface area contributed by atoms with Crippen LogP contribution in [0.25, 0.3) is 0 Å². The fourth-order valence-corrected chi connectivity index (χ4v) is 8.36. The van der Waals surface area contributed by atoms with Crippen LogP contribution in [0.1, 0.15) is 82.6 Å². The third-order valence-corrected chi connectivity index (χ3v) is 11.3. The molecule has 3 aromatic rings. The van der Waals surface area contributed by atoms with E-state index >= 15 is 0 Å². The number of thioether (sulfide) groups is 1. The number of rotatable bonds is 16. The van der Waals surface area contributed by atoms with Crippen molar-refractivity contribution in [2.45, 2.75) is 115 Å².